The van der Waals surface area contributed by atoms with Gasteiger partial charge in [-0.3, -0.25) is 0 Å². The molecule has 2 rings (SSSR count). The quantitative estimate of drug-likeness (QED) is 0.777. The fourth-order valence-electron chi connectivity index (χ4n) is 3.35. The van der Waals surface area contributed by atoms with Crippen LogP contribution in [0.1, 0.15) is 45.4 Å². The van der Waals surface area contributed by atoms with Gasteiger partial charge in [0, 0.05) is 32.2 Å². The molecule has 0 aromatic heterocycles. The van der Waals surface area contributed by atoms with Gasteiger partial charge >= 0.3 is 6.03 Å². The van der Waals surface area contributed by atoms with Gasteiger partial charge < -0.3 is 15.5 Å². The summed E-state index contributed by atoms with van der Waals surface area (Å²) in [4.78, 5) is 16.4. The number of carbonyl (C=O) groups excluding carboxylic acids is 1. The Bertz CT molecular complexity index is 295. The second-order valence-electron chi connectivity index (χ2n) is 6.10. The summed E-state index contributed by atoms with van der Waals surface area (Å²) in [5, 5.41) is 0. The molecule has 2 aliphatic rings. The number of likely N-dealkylation sites (tertiary alicyclic amines) is 1. The topological polar surface area (TPSA) is 49.6 Å². The van der Waals surface area contributed by atoms with Crippen molar-refractivity contribution < 1.29 is 4.79 Å². The summed E-state index contributed by atoms with van der Waals surface area (Å²) in [5.74, 6) is 0.635. The van der Waals surface area contributed by atoms with Crippen molar-refractivity contribution in [3.8, 4) is 0 Å². The maximum Gasteiger partial charge on any atom is 0.320 e. The number of carbonyl (C=O) groups is 1. The van der Waals surface area contributed by atoms with Crippen molar-refractivity contribution in [2.24, 2.45) is 11.7 Å². The van der Waals surface area contributed by atoms with E-state index in [9.17, 15) is 4.79 Å². The Hall–Kier alpha value is -0.770. The third-order valence-corrected chi connectivity index (χ3v) is 4.51. The van der Waals surface area contributed by atoms with Crippen LogP contribution >= 0.6 is 0 Å². The molecule has 1 aliphatic heterocycles. The van der Waals surface area contributed by atoms with Gasteiger partial charge in [0.15, 0.2) is 0 Å². The van der Waals surface area contributed by atoms with Crippen LogP contribution in [0.2, 0.25) is 0 Å². The molecule has 2 fully saturated rings. The molecule has 104 valence electrons. The lowest BCUT2D eigenvalue weighted by molar-refractivity contribution is 0.111. The molecule has 0 bridgehead atoms. The number of nitrogens with zero attached hydrogens (tertiary/aromatic N) is 2. The third-order valence-electron chi connectivity index (χ3n) is 4.51. The molecule has 1 aliphatic carbocycles. The maximum atomic E-state index is 12.5. The van der Waals surface area contributed by atoms with Crippen molar-refractivity contribution in [2.75, 3.05) is 20.1 Å². The van der Waals surface area contributed by atoms with Crippen LogP contribution in [-0.4, -0.2) is 48.1 Å². The van der Waals surface area contributed by atoms with Gasteiger partial charge in [0.1, 0.15) is 0 Å². The highest BCUT2D eigenvalue weighted by atomic mass is 16.2. The van der Waals surface area contributed by atoms with E-state index in [1.54, 1.807) is 0 Å². The highest BCUT2D eigenvalue weighted by Crippen LogP contribution is 2.23. The number of piperidine rings is 1. The molecular formula is C14H27N3O. The lowest BCUT2D eigenvalue weighted by Crippen LogP contribution is -2.55. The van der Waals surface area contributed by atoms with E-state index in [4.69, 9.17) is 5.73 Å². The average Bonchev–Trinajstić information content (AvgIpc) is 2.37. The molecule has 0 aromatic carbocycles. The Morgan fingerprint density at radius 3 is 2.61 bits per heavy atom. The van der Waals surface area contributed by atoms with Crippen LogP contribution in [0.5, 0.6) is 0 Å². The summed E-state index contributed by atoms with van der Waals surface area (Å²) in [6.45, 7) is 4.05. The Kier molecular flexibility index (Phi) is 4.49. The smallest absolute Gasteiger partial charge is 0.320 e. The second-order valence-corrected chi connectivity index (χ2v) is 6.10. The molecule has 1 saturated carbocycles. The number of rotatable bonds is 1. The minimum atomic E-state index is 0.162. The number of hydrogen-bond acceptors (Lipinski definition) is 2. The zero-order chi connectivity index (χ0) is 13.1. The van der Waals surface area contributed by atoms with E-state index in [0.29, 0.717) is 5.92 Å². The summed E-state index contributed by atoms with van der Waals surface area (Å²) in [7, 11) is 1.93. The van der Waals surface area contributed by atoms with Crippen LogP contribution < -0.4 is 5.73 Å². The standard InChI is InChI=1S/C14H27N3O/c1-11-6-5-9-17(10-11)14(18)16(2)13-8-4-3-7-12(13)15/h11-13H,3-10,15H2,1-2H3. The van der Waals surface area contributed by atoms with Crippen molar-refractivity contribution in [2.45, 2.75) is 57.5 Å². The van der Waals surface area contributed by atoms with E-state index >= 15 is 0 Å². The van der Waals surface area contributed by atoms with E-state index in [-0.39, 0.29) is 18.1 Å². The number of hydrogen-bond donors (Lipinski definition) is 1. The van der Waals surface area contributed by atoms with Crippen molar-refractivity contribution in [3.05, 3.63) is 0 Å². The Labute approximate surface area is 110 Å². The minimum absolute atomic E-state index is 0.162. The molecule has 2 amide bonds. The number of urea groups is 1. The van der Waals surface area contributed by atoms with E-state index in [1.807, 2.05) is 16.8 Å². The number of nitrogens with two attached hydrogens (primary N) is 1. The fraction of sp³-hybridized carbons (Fsp3) is 0.929. The third kappa shape index (κ3) is 2.97. The minimum Gasteiger partial charge on any atom is -0.326 e. The Balaban J connectivity index is 1.94. The van der Waals surface area contributed by atoms with Gasteiger partial charge in [-0.2, -0.15) is 0 Å². The Morgan fingerprint density at radius 2 is 1.94 bits per heavy atom. The van der Waals surface area contributed by atoms with E-state index in [1.165, 1.54) is 19.3 Å². The van der Waals surface area contributed by atoms with Crippen molar-refractivity contribution in [3.63, 3.8) is 0 Å². The largest absolute Gasteiger partial charge is 0.326 e. The van der Waals surface area contributed by atoms with Crippen molar-refractivity contribution in [1.29, 1.82) is 0 Å². The first-order valence-corrected chi connectivity index (χ1v) is 7.37. The molecular weight excluding hydrogens is 226 g/mol. The lowest BCUT2D eigenvalue weighted by atomic mass is 9.90. The lowest BCUT2D eigenvalue weighted by Gasteiger charge is -2.40. The highest BCUT2D eigenvalue weighted by Gasteiger charge is 2.31. The normalized spacial score (nSPS) is 33.3. The van der Waals surface area contributed by atoms with Crippen LogP contribution in [0, 0.1) is 5.92 Å². The molecule has 4 nitrogen and oxygen atoms in total. The summed E-state index contributed by atoms with van der Waals surface area (Å²) < 4.78 is 0. The van der Waals surface area contributed by atoms with Gasteiger partial charge in [0.25, 0.3) is 0 Å². The highest BCUT2D eigenvalue weighted by molar-refractivity contribution is 5.74. The van der Waals surface area contributed by atoms with Gasteiger partial charge in [-0.25, -0.2) is 4.79 Å². The summed E-state index contributed by atoms with van der Waals surface area (Å²) >= 11 is 0. The molecule has 3 atom stereocenters. The van der Waals surface area contributed by atoms with Gasteiger partial charge in [0.2, 0.25) is 0 Å². The summed E-state index contributed by atoms with van der Waals surface area (Å²) in [6, 6.07) is 0.585. The summed E-state index contributed by atoms with van der Waals surface area (Å²) in [5.41, 5.74) is 6.16. The van der Waals surface area contributed by atoms with Gasteiger partial charge in [0.05, 0.1) is 0 Å². The van der Waals surface area contributed by atoms with E-state index in [2.05, 4.69) is 6.92 Å². The average molecular weight is 253 g/mol. The monoisotopic (exact) mass is 253 g/mol. The van der Waals surface area contributed by atoms with Crippen LogP contribution in [0.3, 0.4) is 0 Å². The van der Waals surface area contributed by atoms with Gasteiger partial charge in [-0.15, -0.1) is 0 Å². The SMILES string of the molecule is CC1CCCN(C(=O)N(C)C2CCCCC2N)C1. The van der Waals surface area contributed by atoms with Gasteiger partial charge in [-0.05, 0) is 31.6 Å². The van der Waals surface area contributed by atoms with Crippen LogP contribution in [0.4, 0.5) is 4.79 Å². The van der Waals surface area contributed by atoms with Gasteiger partial charge in [-0.1, -0.05) is 19.8 Å². The molecule has 0 spiro atoms. The number of amides is 2. The zero-order valence-electron chi connectivity index (χ0n) is 11.8. The molecule has 0 radical (unpaired) electrons. The van der Waals surface area contributed by atoms with Crippen LogP contribution in [0.25, 0.3) is 0 Å². The number of likely N-dealkylation sites (N-methyl/N-ethyl adjacent to an activating group) is 1. The Morgan fingerprint density at radius 1 is 1.22 bits per heavy atom. The first-order chi connectivity index (χ1) is 8.59. The zero-order valence-corrected chi connectivity index (χ0v) is 11.8. The summed E-state index contributed by atoms with van der Waals surface area (Å²) in [6.07, 6.45) is 6.91. The predicted molar refractivity (Wildman–Crippen MR) is 73.4 cm³/mol. The molecule has 18 heavy (non-hydrogen) atoms. The molecule has 1 heterocycles. The van der Waals surface area contributed by atoms with E-state index < -0.39 is 0 Å². The van der Waals surface area contributed by atoms with Crippen molar-refractivity contribution in [1.82, 2.24) is 9.80 Å². The van der Waals surface area contributed by atoms with E-state index in [0.717, 1.165) is 32.4 Å². The van der Waals surface area contributed by atoms with Crippen LogP contribution in [0.15, 0.2) is 0 Å². The second kappa shape index (κ2) is 5.91. The first-order valence-electron chi connectivity index (χ1n) is 7.37. The van der Waals surface area contributed by atoms with Crippen molar-refractivity contribution >= 4 is 6.03 Å². The molecule has 1 saturated heterocycles. The molecule has 0 aromatic rings. The van der Waals surface area contributed by atoms with Crippen LogP contribution in [-0.2, 0) is 0 Å². The first kappa shape index (κ1) is 13.7. The maximum absolute atomic E-state index is 12.5. The molecule has 4 heteroatoms. The predicted octanol–water partition coefficient (Wildman–Crippen LogP) is 2.04. The molecule has 3 unspecified atom stereocenters. The fourth-order valence-corrected chi connectivity index (χ4v) is 3.35. The molecule has 2 N–H and O–H groups in total.